The fourth-order valence-corrected chi connectivity index (χ4v) is 2.89. The Labute approximate surface area is 150 Å². The van der Waals surface area contributed by atoms with Gasteiger partial charge in [-0.2, -0.15) is 0 Å². The Hall–Kier alpha value is -1.27. The third kappa shape index (κ3) is 8.10. The van der Waals surface area contributed by atoms with Crippen LogP contribution in [-0.4, -0.2) is 46.7 Å². The highest BCUT2D eigenvalue weighted by Gasteiger charge is 2.40. The van der Waals surface area contributed by atoms with Crippen molar-refractivity contribution in [1.29, 1.82) is 0 Å². The summed E-state index contributed by atoms with van der Waals surface area (Å²) in [5.74, 6) is -1.47. The third-order valence-corrected chi connectivity index (χ3v) is 4.45. The highest BCUT2D eigenvalue weighted by atomic mass is 16.6. The minimum atomic E-state index is -1.34. The second kappa shape index (κ2) is 13.0. The zero-order valence-corrected chi connectivity index (χ0v) is 15.4. The standard InChI is InChI=1S/C19H34O6/c1-2-3-4-5-6-7-8-9-10-11-12-13-24-18-16(22)17(15(21)14-20)25-19(18)23/h15,17,20-22H,2-14H2,1H3. The largest absolute Gasteiger partial charge is 0.505 e. The summed E-state index contributed by atoms with van der Waals surface area (Å²) >= 11 is 0. The second-order valence-corrected chi connectivity index (χ2v) is 6.67. The van der Waals surface area contributed by atoms with E-state index in [1.165, 1.54) is 51.4 Å². The Kier molecular flexibility index (Phi) is 11.3. The molecule has 6 nitrogen and oxygen atoms in total. The van der Waals surface area contributed by atoms with Crippen LogP contribution in [0.1, 0.15) is 77.6 Å². The molecular weight excluding hydrogens is 324 g/mol. The highest BCUT2D eigenvalue weighted by Crippen LogP contribution is 2.24. The van der Waals surface area contributed by atoms with Crippen LogP contribution >= 0.6 is 0 Å². The lowest BCUT2D eigenvalue weighted by Crippen LogP contribution is -2.31. The molecule has 2 atom stereocenters. The minimum absolute atomic E-state index is 0.246. The van der Waals surface area contributed by atoms with Crippen LogP contribution in [0.25, 0.3) is 0 Å². The molecule has 1 rings (SSSR count). The van der Waals surface area contributed by atoms with Gasteiger partial charge in [-0.15, -0.1) is 0 Å². The van der Waals surface area contributed by atoms with Gasteiger partial charge in [-0.25, -0.2) is 4.79 Å². The van der Waals surface area contributed by atoms with Crippen molar-refractivity contribution < 1.29 is 29.6 Å². The van der Waals surface area contributed by atoms with E-state index in [-0.39, 0.29) is 5.76 Å². The van der Waals surface area contributed by atoms with Crippen molar-refractivity contribution in [2.45, 2.75) is 89.8 Å². The molecule has 0 saturated heterocycles. The summed E-state index contributed by atoms with van der Waals surface area (Å²) in [5.41, 5.74) is 0. The van der Waals surface area contributed by atoms with Crippen molar-refractivity contribution >= 4 is 5.97 Å². The molecule has 0 spiro atoms. The van der Waals surface area contributed by atoms with E-state index in [0.717, 1.165) is 19.3 Å². The van der Waals surface area contributed by atoms with Crippen molar-refractivity contribution in [3.63, 3.8) is 0 Å². The number of cyclic esters (lactones) is 1. The lowest BCUT2D eigenvalue weighted by molar-refractivity contribution is -0.148. The smallest absolute Gasteiger partial charge is 0.378 e. The van der Waals surface area contributed by atoms with Crippen LogP contribution in [0, 0.1) is 0 Å². The molecule has 0 saturated carbocycles. The molecule has 0 amide bonds. The van der Waals surface area contributed by atoms with Crippen molar-refractivity contribution in [1.82, 2.24) is 0 Å². The molecule has 1 aliphatic heterocycles. The van der Waals surface area contributed by atoms with Crippen LogP contribution in [0.4, 0.5) is 0 Å². The number of rotatable bonds is 15. The Morgan fingerprint density at radius 3 is 2.04 bits per heavy atom. The Morgan fingerprint density at radius 1 is 1.00 bits per heavy atom. The molecular formula is C19H34O6. The van der Waals surface area contributed by atoms with E-state index < -0.39 is 30.5 Å². The maximum absolute atomic E-state index is 11.6. The van der Waals surface area contributed by atoms with E-state index in [1.807, 2.05) is 0 Å². The molecule has 0 fully saturated rings. The third-order valence-electron chi connectivity index (χ3n) is 4.45. The maximum atomic E-state index is 11.6. The topological polar surface area (TPSA) is 96.2 Å². The van der Waals surface area contributed by atoms with Crippen LogP contribution < -0.4 is 0 Å². The van der Waals surface area contributed by atoms with Gasteiger partial charge in [0.15, 0.2) is 11.9 Å². The van der Waals surface area contributed by atoms with Gasteiger partial charge in [0.25, 0.3) is 0 Å². The number of hydrogen-bond donors (Lipinski definition) is 3. The number of carbonyl (C=O) groups is 1. The SMILES string of the molecule is CCCCCCCCCCCCCOC1=C(O)C(C(O)CO)OC1=O. The molecule has 1 heterocycles. The summed E-state index contributed by atoms with van der Waals surface area (Å²) in [6.45, 7) is 1.95. The number of hydrogen-bond acceptors (Lipinski definition) is 6. The van der Waals surface area contributed by atoms with Gasteiger partial charge in [0, 0.05) is 0 Å². The molecule has 2 unspecified atom stereocenters. The van der Waals surface area contributed by atoms with Gasteiger partial charge in [-0.1, -0.05) is 71.1 Å². The number of carbonyl (C=O) groups excluding carboxylic acids is 1. The highest BCUT2D eigenvalue weighted by molar-refractivity contribution is 5.89. The molecule has 0 bridgehead atoms. The maximum Gasteiger partial charge on any atom is 0.378 e. The first-order valence-corrected chi connectivity index (χ1v) is 9.67. The van der Waals surface area contributed by atoms with Crippen LogP contribution in [0.2, 0.25) is 0 Å². The molecule has 1 aliphatic rings. The van der Waals surface area contributed by atoms with E-state index in [0.29, 0.717) is 6.61 Å². The van der Waals surface area contributed by atoms with Crippen LogP contribution in [0.3, 0.4) is 0 Å². The second-order valence-electron chi connectivity index (χ2n) is 6.67. The van der Waals surface area contributed by atoms with Gasteiger partial charge < -0.3 is 24.8 Å². The van der Waals surface area contributed by atoms with E-state index in [2.05, 4.69) is 6.92 Å². The minimum Gasteiger partial charge on any atom is -0.505 e. The van der Waals surface area contributed by atoms with Gasteiger partial charge in [-0.05, 0) is 6.42 Å². The van der Waals surface area contributed by atoms with Crippen molar-refractivity contribution in [2.75, 3.05) is 13.2 Å². The van der Waals surface area contributed by atoms with Crippen molar-refractivity contribution in [3.8, 4) is 0 Å². The van der Waals surface area contributed by atoms with Crippen molar-refractivity contribution in [2.24, 2.45) is 0 Å². The molecule has 0 aliphatic carbocycles. The number of aliphatic hydroxyl groups is 3. The fraction of sp³-hybridized carbons (Fsp3) is 0.842. The monoisotopic (exact) mass is 358 g/mol. The molecule has 25 heavy (non-hydrogen) atoms. The Morgan fingerprint density at radius 2 is 1.52 bits per heavy atom. The van der Waals surface area contributed by atoms with Crippen LogP contribution in [0.5, 0.6) is 0 Å². The summed E-state index contributed by atoms with van der Waals surface area (Å²) in [5, 5.41) is 28.2. The molecule has 3 N–H and O–H groups in total. The number of ether oxygens (including phenoxy) is 2. The Bertz CT molecular complexity index is 407. The zero-order chi connectivity index (χ0) is 18.5. The van der Waals surface area contributed by atoms with Gasteiger partial charge in [0.2, 0.25) is 5.76 Å². The van der Waals surface area contributed by atoms with E-state index in [4.69, 9.17) is 14.6 Å². The van der Waals surface area contributed by atoms with Crippen molar-refractivity contribution in [3.05, 3.63) is 11.5 Å². The molecule has 0 aromatic heterocycles. The average molecular weight is 358 g/mol. The number of esters is 1. The van der Waals surface area contributed by atoms with Crippen LogP contribution in [-0.2, 0) is 14.3 Å². The van der Waals surface area contributed by atoms with E-state index in [1.54, 1.807) is 0 Å². The van der Waals surface area contributed by atoms with Gasteiger partial charge in [-0.3, -0.25) is 0 Å². The molecule has 146 valence electrons. The van der Waals surface area contributed by atoms with E-state index in [9.17, 15) is 15.0 Å². The number of unbranched alkanes of at least 4 members (excludes halogenated alkanes) is 10. The fourth-order valence-electron chi connectivity index (χ4n) is 2.89. The Balaban J connectivity index is 2.04. The summed E-state index contributed by atoms with van der Waals surface area (Å²) in [6.07, 6.45) is 10.8. The molecule has 0 aromatic carbocycles. The summed E-state index contributed by atoms with van der Waals surface area (Å²) < 4.78 is 10.1. The average Bonchev–Trinajstić information content (AvgIpc) is 2.89. The summed E-state index contributed by atoms with van der Waals surface area (Å²) in [4.78, 5) is 11.6. The molecule has 0 radical (unpaired) electrons. The first-order chi connectivity index (χ1) is 12.1. The number of aliphatic hydroxyl groups excluding tert-OH is 3. The van der Waals surface area contributed by atoms with Gasteiger partial charge in [0.1, 0.15) is 6.10 Å². The zero-order valence-electron chi connectivity index (χ0n) is 15.4. The van der Waals surface area contributed by atoms with Gasteiger partial charge in [0.05, 0.1) is 13.2 Å². The van der Waals surface area contributed by atoms with E-state index >= 15 is 0 Å². The molecule has 0 aromatic rings. The van der Waals surface area contributed by atoms with Gasteiger partial charge >= 0.3 is 5.97 Å². The first-order valence-electron chi connectivity index (χ1n) is 9.67. The van der Waals surface area contributed by atoms with Crippen LogP contribution in [0.15, 0.2) is 11.5 Å². The predicted molar refractivity (Wildman–Crippen MR) is 95.0 cm³/mol. The predicted octanol–water partition coefficient (Wildman–Crippen LogP) is 3.36. The summed E-state index contributed by atoms with van der Waals surface area (Å²) in [7, 11) is 0. The summed E-state index contributed by atoms with van der Waals surface area (Å²) in [6, 6.07) is 0. The normalized spacial score (nSPS) is 18.5. The quantitative estimate of drug-likeness (QED) is 0.307. The molecule has 6 heteroatoms. The lowest BCUT2D eigenvalue weighted by Gasteiger charge is -2.13. The first kappa shape index (κ1) is 21.8. The lowest BCUT2D eigenvalue weighted by atomic mass is 10.1.